The number of Topliss-reactive ketones (excluding diaryl/α,β-unsaturated/α-hetero) is 1. The Labute approximate surface area is 141 Å². The molecule has 0 aliphatic heterocycles. The monoisotopic (exact) mass is 323 g/mol. The van der Waals surface area contributed by atoms with E-state index in [4.69, 9.17) is 4.74 Å². The molecule has 2 aromatic carbocycles. The van der Waals surface area contributed by atoms with Crippen LogP contribution < -0.4 is 10.1 Å². The molecule has 0 aromatic heterocycles. The van der Waals surface area contributed by atoms with Crippen molar-refractivity contribution in [2.45, 2.75) is 32.2 Å². The molecule has 0 heterocycles. The van der Waals surface area contributed by atoms with Gasteiger partial charge < -0.3 is 10.1 Å². The van der Waals surface area contributed by atoms with Crippen LogP contribution in [0.4, 0.5) is 0 Å². The largest absolute Gasteiger partial charge is 0.484 e. The van der Waals surface area contributed by atoms with Gasteiger partial charge in [0.25, 0.3) is 5.91 Å². The molecule has 0 saturated heterocycles. The highest BCUT2D eigenvalue weighted by Gasteiger charge is 2.21. The van der Waals surface area contributed by atoms with E-state index >= 15 is 0 Å². The lowest BCUT2D eigenvalue weighted by Gasteiger charge is -2.26. The fraction of sp³-hybridized carbons (Fsp3) is 0.300. The van der Waals surface area contributed by atoms with Crippen LogP contribution in [0.3, 0.4) is 0 Å². The Bertz CT molecular complexity index is 754. The first-order valence-corrected chi connectivity index (χ1v) is 8.24. The lowest BCUT2D eigenvalue weighted by molar-refractivity contribution is -0.123. The molecule has 0 fully saturated rings. The molecule has 4 heteroatoms. The highest BCUT2D eigenvalue weighted by Crippen LogP contribution is 2.29. The normalized spacial score (nSPS) is 16.1. The third kappa shape index (κ3) is 3.82. The van der Waals surface area contributed by atoms with Gasteiger partial charge in [0.2, 0.25) is 0 Å². The predicted molar refractivity (Wildman–Crippen MR) is 92.2 cm³/mol. The third-order valence-corrected chi connectivity index (χ3v) is 4.32. The van der Waals surface area contributed by atoms with Gasteiger partial charge in [-0.2, -0.15) is 0 Å². The molecule has 1 aliphatic carbocycles. The molecule has 3 rings (SSSR count). The standard InChI is InChI=1S/C20H21NO3/c1-14(22)16-8-4-9-17(12-16)24-13-20(23)21-19-11-5-7-15-6-2-3-10-18(15)19/h2-4,6,8-10,12,19H,5,7,11,13H2,1H3,(H,21,23). The van der Waals surface area contributed by atoms with Gasteiger partial charge in [0.15, 0.2) is 12.4 Å². The number of hydrogen-bond donors (Lipinski definition) is 1. The Morgan fingerprint density at radius 3 is 2.83 bits per heavy atom. The number of carbonyl (C=O) groups is 2. The van der Waals surface area contributed by atoms with E-state index < -0.39 is 0 Å². The summed E-state index contributed by atoms with van der Waals surface area (Å²) in [5.41, 5.74) is 3.09. The van der Waals surface area contributed by atoms with Crippen LogP contribution in [0.5, 0.6) is 5.75 Å². The number of amides is 1. The quantitative estimate of drug-likeness (QED) is 0.857. The maximum Gasteiger partial charge on any atom is 0.258 e. The van der Waals surface area contributed by atoms with Gasteiger partial charge >= 0.3 is 0 Å². The smallest absolute Gasteiger partial charge is 0.258 e. The van der Waals surface area contributed by atoms with Gasteiger partial charge in [0.1, 0.15) is 5.75 Å². The summed E-state index contributed by atoms with van der Waals surface area (Å²) in [4.78, 5) is 23.6. The minimum Gasteiger partial charge on any atom is -0.484 e. The minimum absolute atomic E-state index is 0.0243. The fourth-order valence-electron chi connectivity index (χ4n) is 3.09. The Morgan fingerprint density at radius 2 is 2.00 bits per heavy atom. The fourth-order valence-corrected chi connectivity index (χ4v) is 3.09. The summed E-state index contributed by atoms with van der Waals surface area (Å²) < 4.78 is 5.52. The Morgan fingerprint density at radius 1 is 1.17 bits per heavy atom. The van der Waals surface area contributed by atoms with E-state index in [1.807, 2.05) is 12.1 Å². The summed E-state index contributed by atoms with van der Waals surface area (Å²) in [6.45, 7) is 1.45. The average molecular weight is 323 g/mol. The zero-order valence-electron chi connectivity index (χ0n) is 13.7. The number of fused-ring (bicyclic) bond motifs is 1. The number of benzene rings is 2. The van der Waals surface area contributed by atoms with Crippen LogP contribution in [-0.2, 0) is 11.2 Å². The highest BCUT2D eigenvalue weighted by atomic mass is 16.5. The summed E-state index contributed by atoms with van der Waals surface area (Å²) in [6, 6.07) is 15.2. The average Bonchev–Trinajstić information content (AvgIpc) is 2.60. The van der Waals surface area contributed by atoms with Gasteiger partial charge in [0, 0.05) is 5.56 Å². The second-order valence-electron chi connectivity index (χ2n) is 6.08. The molecule has 1 amide bonds. The lowest BCUT2D eigenvalue weighted by atomic mass is 9.88. The number of ketones is 1. The number of nitrogens with one attached hydrogen (secondary N) is 1. The molecule has 0 bridgehead atoms. The van der Waals surface area contributed by atoms with Crippen molar-refractivity contribution in [2.24, 2.45) is 0 Å². The Kier molecular flexibility index (Phi) is 4.94. The van der Waals surface area contributed by atoms with Crippen LogP contribution in [0.1, 0.15) is 47.3 Å². The van der Waals surface area contributed by atoms with Crippen molar-refractivity contribution in [3.63, 3.8) is 0 Å². The van der Waals surface area contributed by atoms with Crippen molar-refractivity contribution < 1.29 is 14.3 Å². The van der Waals surface area contributed by atoms with Crippen molar-refractivity contribution >= 4 is 11.7 Å². The van der Waals surface area contributed by atoms with Gasteiger partial charge in [-0.15, -0.1) is 0 Å². The van der Waals surface area contributed by atoms with Gasteiger partial charge in [-0.1, -0.05) is 36.4 Å². The van der Waals surface area contributed by atoms with E-state index in [0.717, 1.165) is 19.3 Å². The molecule has 124 valence electrons. The highest BCUT2D eigenvalue weighted by molar-refractivity contribution is 5.94. The lowest BCUT2D eigenvalue weighted by Crippen LogP contribution is -2.34. The van der Waals surface area contributed by atoms with Gasteiger partial charge in [-0.05, 0) is 49.4 Å². The first kappa shape index (κ1) is 16.2. The second kappa shape index (κ2) is 7.30. The second-order valence-corrected chi connectivity index (χ2v) is 6.08. The molecule has 1 unspecified atom stereocenters. The molecule has 1 aliphatic rings. The zero-order chi connectivity index (χ0) is 16.9. The number of rotatable bonds is 5. The van der Waals surface area contributed by atoms with E-state index in [1.54, 1.807) is 24.3 Å². The summed E-state index contributed by atoms with van der Waals surface area (Å²) in [7, 11) is 0. The number of hydrogen-bond acceptors (Lipinski definition) is 3. The van der Waals surface area contributed by atoms with Crippen LogP contribution >= 0.6 is 0 Å². The number of ether oxygens (including phenoxy) is 1. The molecule has 24 heavy (non-hydrogen) atoms. The van der Waals surface area contributed by atoms with Crippen LogP contribution in [0.25, 0.3) is 0 Å². The van der Waals surface area contributed by atoms with Crippen molar-refractivity contribution in [3.8, 4) is 5.75 Å². The van der Waals surface area contributed by atoms with Crippen LogP contribution in [-0.4, -0.2) is 18.3 Å². The Hall–Kier alpha value is -2.62. The van der Waals surface area contributed by atoms with Crippen molar-refractivity contribution in [2.75, 3.05) is 6.61 Å². The van der Waals surface area contributed by atoms with E-state index in [1.165, 1.54) is 18.1 Å². The SMILES string of the molecule is CC(=O)c1cccc(OCC(=O)NC2CCCc3ccccc32)c1. The topological polar surface area (TPSA) is 55.4 Å². The molecule has 0 saturated carbocycles. The summed E-state index contributed by atoms with van der Waals surface area (Å²) in [6.07, 6.45) is 3.09. The summed E-state index contributed by atoms with van der Waals surface area (Å²) in [5.74, 6) is 0.357. The van der Waals surface area contributed by atoms with Crippen molar-refractivity contribution in [1.82, 2.24) is 5.32 Å². The molecule has 1 atom stereocenters. The van der Waals surface area contributed by atoms with Gasteiger partial charge in [-0.3, -0.25) is 9.59 Å². The summed E-state index contributed by atoms with van der Waals surface area (Å²) in [5, 5.41) is 3.05. The molecule has 0 radical (unpaired) electrons. The Balaban J connectivity index is 1.59. The van der Waals surface area contributed by atoms with E-state index in [2.05, 4.69) is 17.4 Å². The first-order chi connectivity index (χ1) is 11.6. The summed E-state index contributed by atoms with van der Waals surface area (Å²) >= 11 is 0. The van der Waals surface area contributed by atoms with Crippen LogP contribution in [0.2, 0.25) is 0 Å². The van der Waals surface area contributed by atoms with Crippen molar-refractivity contribution in [3.05, 3.63) is 65.2 Å². The molecule has 2 aromatic rings. The number of carbonyl (C=O) groups excluding carboxylic acids is 2. The zero-order valence-corrected chi connectivity index (χ0v) is 13.7. The minimum atomic E-state index is -0.148. The van der Waals surface area contributed by atoms with Gasteiger partial charge in [-0.25, -0.2) is 0 Å². The van der Waals surface area contributed by atoms with E-state index in [9.17, 15) is 9.59 Å². The predicted octanol–water partition coefficient (Wildman–Crippen LogP) is 3.46. The van der Waals surface area contributed by atoms with E-state index in [-0.39, 0.29) is 24.3 Å². The first-order valence-electron chi connectivity index (χ1n) is 8.24. The molecule has 0 spiro atoms. The van der Waals surface area contributed by atoms with E-state index in [0.29, 0.717) is 11.3 Å². The maximum absolute atomic E-state index is 12.2. The molecular weight excluding hydrogens is 302 g/mol. The molecule has 4 nitrogen and oxygen atoms in total. The number of aryl methyl sites for hydroxylation is 1. The van der Waals surface area contributed by atoms with Crippen LogP contribution in [0, 0.1) is 0 Å². The third-order valence-electron chi connectivity index (χ3n) is 4.32. The van der Waals surface area contributed by atoms with Crippen molar-refractivity contribution in [1.29, 1.82) is 0 Å². The molecular formula is C20H21NO3. The van der Waals surface area contributed by atoms with Gasteiger partial charge in [0.05, 0.1) is 6.04 Å². The maximum atomic E-state index is 12.2. The molecule has 1 N–H and O–H groups in total. The van der Waals surface area contributed by atoms with Crippen LogP contribution in [0.15, 0.2) is 48.5 Å².